The topological polar surface area (TPSA) is 71.3 Å². The van der Waals surface area contributed by atoms with E-state index in [0.29, 0.717) is 5.75 Å². The summed E-state index contributed by atoms with van der Waals surface area (Å²) in [5.74, 6) is -0.114. The number of ether oxygens (including phenoxy) is 2. The third kappa shape index (κ3) is 5.70. The number of halogens is 3. The summed E-state index contributed by atoms with van der Waals surface area (Å²) in [6, 6.07) is 12.7. The van der Waals surface area contributed by atoms with Crippen LogP contribution in [0.1, 0.15) is 11.1 Å². The minimum absolute atomic E-state index is 0.119. The minimum atomic E-state index is -4.51. The van der Waals surface area contributed by atoms with E-state index in [1.165, 1.54) is 18.2 Å². The lowest BCUT2D eigenvalue weighted by atomic mass is 10.2. The smallest absolute Gasteiger partial charge is 0.422 e. The fourth-order valence-corrected chi connectivity index (χ4v) is 2.04. The number of para-hydroxylation sites is 1. The maximum absolute atomic E-state index is 12.2. The molecule has 0 heterocycles. The number of alkyl halides is 3. The van der Waals surface area contributed by atoms with E-state index in [1.54, 1.807) is 18.2 Å². The molecule has 0 spiro atoms. The zero-order valence-corrected chi connectivity index (χ0v) is 13.8. The monoisotopic (exact) mass is 364 g/mol. The van der Waals surface area contributed by atoms with Crippen LogP contribution in [-0.4, -0.2) is 25.3 Å². The standard InChI is InChI=1S/C18H15F3N2O3/c1-12-4-2-3-5-15(12)25-10-17(24)23-14-6-7-16(13(8-14)9-22)26-11-18(19,20)21/h2-8H,10-11H2,1H3,(H,23,24). The van der Waals surface area contributed by atoms with E-state index in [0.717, 1.165) is 5.56 Å². The molecule has 0 bridgehead atoms. The van der Waals surface area contributed by atoms with Crippen molar-refractivity contribution in [3.05, 3.63) is 53.6 Å². The molecule has 0 saturated carbocycles. The van der Waals surface area contributed by atoms with E-state index in [2.05, 4.69) is 10.1 Å². The van der Waals surface area contributed by atoms with E-state index in [9.17, 15) is 18.0 Å². The molecule has 0 aliphatic rings. The van der Waals surface area contributed by atoms with Crippen LogP contribution in [0.4, 0.5) is 18.9 Å². The molecule has 0 atom stereocenters. The summed E-state index contributed by atoms with van der Waals surface area (Å²) in [4.78, 5) is 11.9. The average molecular weight is 364 g/mol. The molecule has 1 amide bonds. The van der Waals surface area contributed by atoms with Crippen molar-refractivity contribution in [3.63, 3.8) is 0 Å². The molecule has 0 unspecified atom stereocenters. The van der Waals surface area contributed by atoms with Gasteiger partial charge in [0.05, 0.1) is 5.56 Å². The van der Waals surface area contributed by atoms with Crippen molar-refractivity contribution >= 4 is 11.6 Å². The summed E-state index contributed by atoms with van der Waals surface area (Å²) in [6.45, 7) is 0.0861. The maximum Gasteiger partial charge on any atom is 0.422 e. The summed E-state index contributed by atoms with van der Waals surface area (Å²) < 4.78 is 46.6. The quantitative estimate of drug-likeness (QED) is 0.846. The number of benzene rings is 2. The Bertz CT molecular complexity index is 829. The first-order valence-corrected chi connectivity index (χ1v) is 7.50. The second-order valence-electron chi connectivity index (χ2n) is 5.33. The molecule has 0 aliphatic carbocycles. The van der Waals surface area contributed by atoms with Gasteiger partial charge in [0.25, 0.3) is 5.91 Å². The lowest BCUT2D eigenvalue weighted by molar-refractivity contribution is -0.153. The van der Waals surface area contributed by atoms with Gasteiger partial charge in [-0.3, -0.25) is 4.79 Å². The van der Waals surface area contributed by atoms with E-state index in [4.69, 9.17) is 10.00 Å². The van der Waals surface area contributed by atoms with Crippen molar-refractivity contribution < 1.29 is 27.4 Å². The fraction of sp³-hybridized carbons (Fsp3) is 0.222. The predicted octanol–water partition coefficient (Wildman–Crippen LogP) is 3.83. The Hall–Kier alpha value is -3.21. The Morgan fingerprint density at radius 3 is 2.54 bits per heavy atom. The zero-order valence-electron chi connectivity index (χ0n) is 13.8. The van der Waals surface area contributed by atoms with Gasteiger partial charge in [-0.1, -0.05) is 18.2 Å². The van der Waals surface area contributed by atoms with E-state index in [1.807, 2.05) is 19.1 Å². The molecule has 2 rings (SSSR count). The van der Waals surface area contributed by atoms with Crippen LogP contribution in [0.25, 0.3) is 0 Å². The third-order valence-corrected chi connectivity index (χ3v) is 3.23. The van der Waals surface area contributed by atoms with Crippen LogP contribution >= 0.6 is 0 Å². The molecular weight excluding hydrogens is 349 g/mol. The van der Waals surface area contributed by atoms with E-state index >= 15 is 0 Å². The average Bonchev–Trinajstić information content (AvgIpc) is 2.59. The molecule has 1 N–H and O–H groups in total. The summed E-state index contributed by atoms with van der Waals surface area (Å²) in [6.07, 6.45) is -4.51. The summed E-state index contributed by atoms with van der Waals surface area (Å²) in [5.41, 5.74) is 1.00. The van der Waals surface area contributed by atoms with Crippen LogP contribution in [-0.2, 0) is 4.79 Å². The van der Waals surface area contributed by atoms with Crippen molar-refractivity contribution in [2.75, 3.05) is 18.5 Å². The van der Waals surface area contributed by atoms with Gasteiger partial charge in [0.15, 0.2) is 13.2 Å². The van der Waals surface area contributed by atoms with Crippen LogP contribution in [0.3, 0.4) is 0 Å². The number of nitrogens with zero attached hydrogens (tertiary/aromatic N) is 1. The molecule has 2 aromatic carbocycles. The molecule has 8 heteroatoms. The zero-order chi connectivity index (χ0) is 19.2. The van der Waals surface area contributed by atoms with Gasteiger partial charge in [-0.05, 0) is 36.8 Å². The highest BCUT2D eigenvalue weighted by atomic mass is 19.4. The molecule has 0 aromatic heterocycles. The van der Waals surface area contributed by atoms with Crippen molar-refractivity contribution in [1.82, 2.24) is 0 Å². The van der Waals surface area contributed by atoms with Crippen LogP contribution in [0.15, 0.2) is 42.5 Å². The number of hydrogen-bond acceptors (Lipinski definition) is 4. The molecule has 136 valence electrons. The Balaban J connectivity index is 1.97. The van der Waals surface area contributed by atoms with Gasteiger partial charge < -0.3 is 14.8 Å². The molecule has 0 radical (unpaired) electrons. The minimum Gasteiger partial charge on any atom is -0.483 e. The number of hydrogen-bond donors (Lipinski definition) is 1. The van der Waals surface area contributed by atoms with Crippen molar-refractivity contribution in [3.8, 4) is 17.6 Å². The van der Waals surface area contributed by atoms with Crippen LogP contribution in [0.5, 0.6) is 11.5 Å². The number of carbonyl (C=O) groups is 1. The van der Waals surface area contributed by atoms with Gasteiger partial charge in [0, 0.05) is 5.69 Å². The first-order chi connectivity index (χ1) is 12.3. The lowest BCUT2D eigenvalue weighted by Crippen LogP contribution is -2.21. The number of aryl methyl sites for hydroxylation is 1. The number of amides is 1. The lowest BCUT2D eigenvalue weighted by Gasteiger charge is -2.12. The Kier molecular flexibility index (Phi) is 6.07. The Labute approximate surface area is 148 Å². The second-order valence-corrected chi connectivity index (χ2v) is 5.33. The normalized spacial score (nSPS) is 10.7. The molecule has 0 fully saturated rings. The van der Waals surface area contributed by atoms with Gasteiger partial charge in [-0.25, -0.2) is 0 Å². The first-order valence-electron chi connectivity index (χ1n) is 7.50. The summed E-state index contributed by atoms with van der Waals surface area (Å²) in [5, 5.41) is 11.6. The Morgan fingerprint density at radius 2 is 1.88 bits per heavy atom. The number of nitrogens with one attached hydrogen (secondary N) is 1. The molecular formula is C18H15F3N2O3. The number of nitriles is 1. The molecule has 26 heavy (non-hydrogen) atoms. The fourth-order valence-electron chi connectivity index (χ4n) is 2.04. The van der Waals surface area contributed by atoms with Gasteiger partial charge in [-0.15, -0.1) is 0 Å². The number of rotatable bonds is 6. The van der Waals surface area contributed by atoms with Gasteiger partial charge >= 0.3 is 6.18 Å². The highest BCUT2D eigenvalue weighted by Crippen LogP contribution is 2.25. The summed E-state index contributed by atoms with van der Waals surface area (Å²) >= 11 is 0. The molecule has 2 aromatic rings. The van der Waals surface area contributed by atoms with Crippen molar-refractivity contribution in [1.29, 1.82) is 5.26 Å². The van der Waals surface area contributed by atoms with E-state index in [-0.39, 0.29) is 23.6 Å². The SMILES string of the molecule is Cc1ccccc1OCC(=O)Nc1ccc(OCC(F)(F)F)c(C#N)c1. The largest absolute Gasteiger partial charge is 0.483 e. The first kappa shape index (κ1) is 19.1. The van der Waals surface area contributed by atoms with Gasteiger partial charge in [0.1, 0.15) is 17.6 Å². The van der Waals surface area contributed by atoms with Crippen LogP contribution < -0.4 is 14.8 Å². The molecule has 0 saturated heterocycles. The second kappa shape index (κ2) is 8.25. The van der Waals surface area contributed by atoms with Crippen LogP contribution in [0, 0.1) is 18.3 Å². The molecule has 0 aliphatic heterocycles. The third-order valence-electron chi connectivity index (χ3n) is 3.23. The van der Waals surface area contributed by atoms with Crippen molar-refractivity contribution in [2.45, 2.75) is 13.1 Å². The van der Waals surface area contributed by atoms with E-state index < -0.39 is 18.7 Å². The van der Waals surface area contributed by atoms with Gasteiger partial charge in [0.2, 0.25) is 0 Å². The predicted molar refractivity (Wildman–Crippen MR) is 88.0 cm³/mol. The summed E-state index contributed by atoms with van der Waals surface area (Å²) in [7, 11) is 0. The maximum atomic E-state index is 12.2. The highest BCUT2D eigenvalue weighted by Gasteiger charge is 2.28. The number of anilines is 1. The number of carbonyl (C=O) groups excluding carboxylic acids is 1. The van der Waals surface area contributed by atoms with Crippen molar-refractivity contribution in [2.24, 2.45) is 0 Å². The highest BCUT2D eigenvalue weighted by molar-refractivity contribution is 5.92. The Morgan fingerprint density at radius 1 is 1.15 bits per heavy atom. The van der Waals surface area contributed by atoms with Crippen LogP contribution in [0.2, 0.25) is 0 Å². The molecule has 5 nitrogen and oxygen atoms in total. The van der Waals surface area contributed by atoms with Gasteiger partial charge in [-0.2, -0.15) is 18.4 Å².